The molecular formula is C5H11NO3S2Zn. The van der Waals surface area contributed by atoms with Gasteiger partial charge in [-0.25, -0.2) is 4.79 Å². The normalized spacial score (nSPS) is 8.58. The SMILES string of the molecule is COCCCOC(=O)N(S)S.[Zn]. The van der Waals surface area contributed by atoms with Gasteiger partial charge in [-0.05, 0) is 25.6 Å². The number of thiol groups is 2. The van der Waals surface area contributed by atoms with Crippen LogP contribution in [-0.2, 0) is 29.0 Å². The predicted molar refractivity (Wildman–Crippen MR) is 47.7 cm³/mol. The van der Waals surface area contributed by atoms with Crippen LogP contribution in [0.1, 0.15) is 6.42 Å². The van der Waals surface area contributed by atoms with Gasteiger partial charge >= 0.3 is 6.09 Å². The number of nitrogens with zero attached hydrogens (tertiary/aromatic N) is 1. The van der Waals surface area contributed by atoms with Crippen LogP contribution in [0, 0.1) is 0 Å². The van der Waals surface area contributed by atoms with Crippen LogP contribution in [0.25, 0.3) is 0 Å². The molecule has 0 saturated heterocycles. The topological polar surface area (TPSA) is 38.8 Å². The van der Waals surface area contributed by atoms with E-state index in [4.69, 9.17) is 4.74 Å². The third kappa shape index (κ3) is 8.65. The molecule has 0 aromatic heterocycles. The Morgan fingerprint density at radius 2 is 2.00 bits per heavy atom. The van der Waals surface area contributed by atoms with E-state index in [9.17, 15) is 4.79 Å². The molecule has 0 aliphatic carbocycles. The maximum absolute atomic E-state index is 10.6. The first kappa shape index (κ1) is 15.0. The summed E-state index contributed by atoms with van der Waals surface area (Å²) in [7, 11) is 1.59. The maximum Gasteiger partial charge on any atom is 0.429 e. The van der Waals surface area contributed by atoms with Crippen LogP contribution in [0.15, 0.2) is 0 Å². The van der Waals surface area contributed by atoms with Crippen molar-refractivity contribution < 1.29 is 33.7 Å². The minimum absolute atomic E-state index is 0. The van der Waals surface area contributed by atoms with Crippen LogP contribution in [-0.4, -0.2) is 30.1 Å². The second-order valence-electron chi connectivity index (χ2n) is 1.75. The Morgan fingerprint density at radius 1 is 1.42 bits per heavy atom. The van der Waals surface area contributed by atoms with E-state index in [0.717, 1.165) is 3.71 Å². The number of hydrogen-bond acceptors (Lipinski definition) is 5. The first-order valence-electron chi connectivity index (χ1n) is 3.02. The summed E-state index contributed by atoms with van der Waals surface area (Å²) in [4.78, 5) is 10.6. The molecule has 12 heavy (non-hydrogen) atoms. The van der Waals surface area contributed by atoms with Crippen molar-refractivity contribution in [3.8, 4) is 0 Å². The first-order valence-corrected chi connectivity index (χ1v) is 3.82. The number of rotatable bonds is 4. The number of hydrogen-bond donors (Lipinski definition) is 2. The molecule has 0 fully saturated rings. The van der Waals surface area contributed by atoms with Gasteiger partial charge in [0.1, 0.15) is 0 Å². The van der Waals surface area contributed by atoms with Crippen molar-refractivity contribution in [1.82, 2.24) is 3.71 Å². The molecule has 0 spiro atoms. The molecule has 7 heteroatoms. The monoisotopic (exact) mass is 261 g/mol. The molecule has 0 N–H and O–H groups in total. The van der Waals surface area contributed by atoms with Gasteiger partial charge in [0.05, 0.1) is 6.61 Å². The molecule has 0 rings (SSSR count). The van der Waals surface area contributed by atoms with Crippen LogP contribution in [0.5, 0.6) is 0 Å². The summed E-state index contributed by atoms with van der Waals surface area (Å²) < 4.78 is 10.2. The van der Waals surface area contributed by atoms with Crippen molar-refractivity contribution in [1.29, 1.82) is 0 Å². The van der Waals surface area contributed by atoms with E-state index in [1.807, 2.05) is 0 Å². The van der Waals surface area contributed by atoms with Crippen molar-refractivity contribution in [3.05, 3.63) is 0 Å². The predicted octanol–water partition coefficient (Wildman–Crippen LogP) is 1.15. The van der Waals surface area contributed by atoms with Gasteiger partial charge in [0, 0.05) is 39.6 Å². The molecule has 0 bridgehead atoms. The zero-order chi connectivity index (χ0) is 8.69. The Morgan fingerprint density at radius 3 is 2.42 bits per heavy atom. The van der Waals surface area contributed by atoms with Crippen molar-refractivity contribution in [2.45, 2.75) is 6.42 Å². The Balaban J connectivity index is 0. The van der Waals surface area contributed by atoms with Crippen molar-refractivity contribution in [3.63, 3.8) is 0 Å². The van der Waals surface area contributed by atoms with Crippen molar-refractivity contribution in [2.75, 3.05) is 20.3 Å². The summed E-state index contributed by atoms with van der Waals surface area (Å²) in [6.07, 6.45) is 0.102. The summed E-state index contributed by atoms with van der Waals surface area (Å²) in [5.41, 5.74) is 0. The minimum atomic E-state index is -0.576. The fourth-order valence-corrected chi connectivity index (χ4v) is 0.536. The van der Waals surface area contributed by atoms with Crippen LogP contribution < -0.4 is 0 Å². The number of carbonyl (C=O) groups is 1. The maximum atomic E-state index is 10.6. The Bertz CT molecular complexity index is 125. The molecule has 0 unspecified atom stereocenters. The largest absolute Gasteiger partial charge is 0.448 e. The smallest absolute Gasteiger partial charge is 0.429 e. The summed E-state index contributed by atoms with van der Waals surface area (Å²) in [6.45, 7) is 0.900. The standard InChI is InChI=1S/C5H11NO3S2.Zn/c1-8-3-2-4-9-5(7)6(10)11;/h10-11H,2-4H2,1H3;. The van der Waals surface area contributed by atoms with E-state index in [1.165, 1.54) is 0 Å². The van der Waals surface area contributed by atoms with Gasteiger partial charge in [-0.1, -0.05) is 0 Å². The van der Waals surface area contributed by atoms with E-state index in [0.29, 0.717) is 19.6 Å². The molecule has 0 atom stereocenters. The van der Waals surface area contributed by atoms with Crippen LogP contribution >= 0.6 is 25.6 Å². The molecule has 0 aromatic rings. The van der Waals surface area contributed by atoms with E-state index in [2.05, 4.69) is 30.4 Å². The van der Waals surface area contributed by atoms with E-state index < -0.39 is 6.09 Å². The van der Waals surface area contributed by atoms with Gasteiger partial charge < -0.3 is 9.47 Å². The molecule has 0 aliphatic rings. The number of ether oxygens (including phenoxy) is 2. The molecule has 0 saturated carbocycles. The summed E-state index contributed by atoms with van der Waals surface area (Å²) in [5, 5.41) is 0. The average Bonchev–Trinajstić information content (AvgIpc) is 1.97. The zero-order valence-corrected chi connectivity index (χ0v) is 11.7. The molecule has 4 nitrogen and oxygen atoms in total. The summed E-state index contributed by atoms with van der Waals surface area (Å²) in [5.74, 6) is 0. The third-order valence-electron chi connectivity index (χ3n) is 0.882. The quantitative estimate of drug-likeness (QED) is 0.454. The van der Waals surface area contributed by atoms with Gasteiger partial charge in [-0.3, -0.25) is 0 Å². The molecule has 68 valence electrons. The fourth-order valence-electron chi connectivity index (χ4n) is 0.420. The third-order valence-corrected chi connectivity index (χ3v) is 1.21. The summed E-state index contributed by atoms with van der Waals surface area (Å²) in [6, 6.07) is 0. The van der Waals surface area contributed by atoms with E-state index in [1.54, 1.807) is 7.11 Å². The molecular weight excluding hydrogens is 252 g/mol. The number of amides is 1. The minimum Gasteiger partial charge on any atom is -0.448 e. The zero-order valence-electron chi connectivity index (χ0n) is 6.89. The second kappa shape index (κ2) is 9.64. The van der Waals surface area contributed by atoms with Crippen LogP contribution in [0.4, 0.5) is 4.79 Å². The molecule has 0 heterocycles. The molecule has 0 aliphatic heterocycles. The molecule has 0 aromatic carbocycles. The van der Waals surface area contributed by atoms with Gasteiger partial charge in [0.2, 0.25) is 0 Å². The second-order valence-corrected chi connectivity index (χ2v) is 2.87. The molecule has 1 amide bonds. The van der Waals surface area contributed by atoms with Gasteiger partial charge in [0.15, 0.2) is 0 Å². The Hall–Kier alpha value is 0.553. The fraction of sp³-hybridized carbons (Fsp3) is 0.800. The van der Waals surface area contributed by atoms with E-state index in [-0.39, 0.29) is 19.5 Å². The first-order chi connectivity index (χ1) is 5.18. The van der Waals surface area contributed by atoms with Gasteiger partial charge in [0.25, 0.3) is 0 Å². The number of carbonyl (C=O) groups excluding carboxylic acids is 1. The average molecular weight is 263 g/mol. The van der Waals surface area contributed by atoms with Gasteiger partial charge in [-0.15, -0.1) is 0 Å². The van der Waals surface area contributed by atoms with E-state index >= 15 is 0 Å². The van der Waals surface area contributed by atoms with Crippen LogP contribution in [0.2, 0.25) is 0 Å². The Kier molecular flexibility index (Phi) is 12.1. The van der Waals surface area contributed by atoms with Crippen molar-refractivity contribution >= 4 is 31.7 Å². The molecule has 0 radical (unpaired) electrons. The Labute approximate surface area is 95.8 Å². The summed E-state index contributed by atoms with van der Waals surface area (Å²) >= 11 is 7.22. The number of methoxy groups -OCH3 is 1. The van der Waals surface area contributed by atoms with Crippen LogP contribution in [0.3, 0.4) is 0 Å². The van der Waals surface area contributed by atoms with Crippen molar-refractivity contribution in [2.24, 2.45) is 0 Å². The van der Waals surface area contributed by atoms with Gasteiger partial charge in [-0.2, -0.15) is 3.71 Å².